The van der Waals surface area contributed by atoms with Crippen molar-refractivity contribution in [3.8, 4) is 0 Å². The third kappa shape index (κ3) is 2.45. The number of nitrogens with zero attached hydrogens (tertiary/aromatic N) is 2. The van der Waals surface area contributed by atoms with Crippen molar-refractivity contribution in [3.05, 3.63) is 18.0 Å². The zero-order chi connectivity index (χ0) is 10.7. The monoisotopic (exact) mass is 208 g/mol. The minimum absolute atomic E-state index is 0.112. The summed E-state index contributed by atoms with van der Waals surface area (Å²) in [5.41, 5.74) is 0.671. The molecular formula is C11H16N2O2. The lowest BCUT2D eigenvalue weighted by Gasteiger charge is -2.21. The summed E-state index contributed by atoms with van der Waals surface area (Å²) in [5, 5.41) is 3.99. The highest BCUT2D eigenvalue weighted by Crippen LogP contribution is 2.17. The van der Waals surface area contributed by atoms with Crippen LogP contribution in [0.15, 0.2) is 12.3 Å². The van der Waals surface area contributed by atoms with Crippen LogP contribution in [0, 0.1) is 0 Å². The molecule has 0 amide bonds. The van der Waals surface area contributed by atoms with Crippen molar-refractivity contribution in [1.82, 2.24) is 9.78 Å². The lowest BCUT2D eigenvalue weighted by molar-refractivity contribution is 0.0127. The molecule has 1 saturated heterocycles. The van der Waals surface area contributed by atoms with Gasteiger partial charge in [-0.25, -0.2) is 0 Å². The third-order valence-electron chi connectivity index (χ3n) is 2.79. The Morgan fingerprint density at radius 3 is 3.13 bits per heavy atom. The van der Waals surface area contributed by atoms with E-state index >= 15 is 0 Å². The number of ether oxygens (including phenoxy) is 1. The highest BCUT2D eigenvalue weighted by Gasteiger charge is 2.19. The van der Waals surface area contributed by atoms with Gasteiger partial charge in [-0.15, -0.1) is 0 Å². The molecule has 15 heavy (non-hydrogen) atoms. The first-order valence-electron chi connectivity index (χ1n) is 5.40. The van der Waals surface area contributed by atoms with E-state index in [2.05, 4.69) is 5.10 Å². The van der Waals surface area contributed by atoms with Crippen molar-refractivity contribution >= 4 is 5.78 Å². The lowest BCUT2D eigenvalue weighted by Crippen LogP contribution is -2.23. The van der Waals surface area contributed by atoms with Crippen molar-refractivity contribution in [2.75, 3.05) is 6.61 Å². The molecule has 1 aliphatic heterocycles. The summed E-state index contributed by atoms with van der Waals surface area (Å²) in [7, 11) is 1.79. The van der Waals surface area contributed by atoms with Crippen LogP contribution in [0.4, 0.5) is 0 Å². The van der Waals surface area contributed by atoms with E-state index in [0.29, 0.717) is 12.1 Å². The Hall–Kier alpha value is -1.16. The molecule has 2 rings (SSSR count). The fourth-order valence-corrected chi connectivity index (χ4v) is 1.93. The first-order chi connectivity index (χ1) is 7.27. The van der Waals surface area contributed by atoms with Crippen molar-refractivity contribution < 1.29 is 9.53 Å². The lowest BCUT2D eigenvalue weighted by atomic mass is 10.0. The van der Waals surface area contributed by atoms with Gasteiger partial charge in [-0.2, -0.15) is 5.10 Å². The fourth-order valence-electron chi connectivity index (χ4n) is 1.93. The molecule has 2 heterocycles. The highest BCUT2D eigenvalue weighted by molar-refractivity contribution is 5.94. The van der Waals surface area contributed by atoms with Gasteiger partial charge in [-0.1, -0.05) is 0 Å². The summed E-state index contributed by atoms with van der Waals surface area (Å²) in [6.45, 7) is 0.795. The van der Waals surface area contributed by atoms with Crippen LogP contribution in [0.5, 0.6) is 0 Å². The number of aryl methyl sites for hydroxylation is 1. The van der Waals surface area contributed by atoms with Crippen LogP contribution in [-0.2, 0) is 11.8 Å². The number of hydrogen-bond acceptors (Lipinski definition) is 3. The molecule has 1 aromatic heterocycles. The van der Waals surface area contributed by atoms with Crippen LogP contribution in [0.3, 0.4) is 0 Å². The van der Waals surface area contributed by atoms with Crippen molar-refractivity contribution in [1.29, 1.82) is 0 Å². The molecule has 1 aromatic rings. The quantitative estimate of drug-likeness (QED) is 0.708. The molecule has 0 saturated carbocycles. The maximum absolute atomic E-state index is 11.9. The van der Waals surface area contributed by atoms with Crippen LogP contribution in [-0.4, -0.2) is 28.3 Å². The predicted octanol–water partition coefficient (Wildman–Crippen LogP) is 1.56. The maximum atomic E-state index is 11.9. The van der Waals surface area contributed by atoms with E-state index in [-0.39, 0.29) is 11.9 Å². The molecule has 82 valence electrons. The number of aromatic nitrogens is 2. The van der Waals surface area contributed by atoms with Crippen LogP contribution in [0.1, 0.15) is 36.2 Å². The molecule has 1 unspecified atom stereocenters. The Morgan fingerprint density at radius 2 is 2.53 bits per heavy atom. The van der Waals surface area contributed by atoms with E-state index in [4.69, 9.17) is 4.74 Å². The van der Waals surface area contributed by atoms with Gasteiger partial charge in [-0.05, 0) is 25.3 Å². The van der Waals surface area contributed by atoms with Crippen LogP contribution in [0.25, 0.3) is 0 Å². The Labute approximate surface area is 89.2 Å². The summed E-state index contributed by atoms with van der Waals surface area (Å²) in [6, 6.07) is 1.76. The number of hydrogen-bond donors (Lipinski definition) is 0. The maximum Gasteiger partial charge on any atom is 0.183 e. The number of Topliss-reactive ketones (excluding diaryl/α,β-unsaturated/α-hetero) is 1. The molecule has 4 nitrogen and oxygen atoms in total. The van der Waals surface area contributed by atoms with Gasteiger partial charge in [0.25, 0.3) is 0 Å². The first kappa shape index (κ1) is 10.4. The number of rotatable bonds is 3. The average molecular weight is 208 g/mol. The topological polar surface area (TPSA) is 44.1 Å². The van der Waals surface area contributed by atoms with E-state index in [0.717, 1.165) is 19.4 Å². The average Bonchev–Trinajstić information content (AvgIpc) is 2.66. The zero-order valence-corrected chi connectivity index (χ0v) is 8.98. The summed E-state index contributed by atoms with van der Waals surface area (Å²) in [4.78, 5) is 11.9. The van der Waals surface area contributed by atoms with Gasteiger partial charge in [-0.3, -0.25) is 9.48 Å². The Kier molecular flexibility index (Phi) is 3.16. The summed E-state index contributed by atoms with van der Waals surface area (Å²) in [5.74, 6) is 0.127. The van der Waals surface area contributed by atoms with Gasteiger partial charge in [0.15, 0.2) is 5.78 Å². The molecule has 0 aromatic carbocycles. The summed E-state index contributed by atoms with van der Waals surface area (Å²) >= 11 is 0. The third-order valence-corrected chi connectivity index (χ3v) is 2.79. The predicted molar refractivity (Wildman–Crippen MR) is 55.7 cm³/mol. The number of ketones is 1. The Bertz CT molecular complexity index is 340. The van der Waals surface area contributed by atoms with E-state index in [9.17, 15) is 4.79 Å². The molecular weight excluding hydrogens is 192 g/mol. The summed E-state index contributed by atoms with van der Waals surface area (Å²) in [6.07, 6.45) is 5.54. The van der Waals surface area contributed by atoms with Crippen molar-refractivity contribution in [2.45, 2.75) is 31.8 Å². The second-order valence-corrected chi connectivity index (χ2v) is 3.96. The van der Waals surface area contributed by atoms with Crippen molar-refractivity contribution in [3.63, 3.8) is 0 Å². The molecule has 1 aliphatic rings. The molecule has 1 fully saturated rings. The number of carbonyl (C=O) groups excluding carboxylic acids is 1. The highest BCUT2D eigenvalue weighted by atomic mass is 16.5. The SMILES string of the molecule is Cn1nccc1C(=O)CC1CCCCO1. The zero-order valence-electron chi connectivity index (χ0n) is 8.98. The van der Waals surface area contributed by atoms with E-state index in [1.54, 1.807) is 24.0 Å². The van der Waals surface area contributed by atoms with Crippen LogP contribution >= 0.6 is 0 Å². The van der Waals surface area contributed by atoms with E-state index in [1.807, 2.05) is 0 Å². The second kappa shape index (κ2) is 4.57. The molecule has 0 aliphatic carbocycles. The Balaban J connectivity index is 1.94. The standard InChI is InChI=1S/C11H16N2O2/c1-13-10(5-6-12-13)11(14)8-9-4-2-3-7-15-9/h5-6,9H,2-4,7-8H2,1H3. The van der Waals surface area contributed by atoms with Gasteiger partial charge >= 0.3 is 0 Å². The van der Waals surface area contributed by atoms with Crippen molar-refractivity contribution in [2.24, 2.45) is 7.05 Å². The van der Waals surface area contributed by atoms with Gasteiger partial charge in [0.05, 0.1) is 6.10 Å². The fraction of sp³-hybridized carbons (Fsp3) is 0.636. The second-order valence-electron chi connectivity index (χ2n) is 3.96. The van der Waals surface area contributed by atoms with Gasteiger partial charge in [0, 0.05) is 26.3 Å². The minimum atomic E-state index is 0.112. The van der Waals surface area contributed by atoms with Crippen LogP contribution in [0.2, 0.25) is 0 Å². The molecule has 0 spiro atoms. The number of carbonyl (C=O) groups is 1. The molecule has 0 N–H and O–H groups in total. The van der Waals surface area contributed by atoms with Gasteiger partial charge < -0.3 is 4.74 Å². The van der Waals surface area contributed by atoms with Gasteiger partial charge in [0.2, 0.25) is 0 Å². The molecule has 0 bridgehead atoms. The van der Waals surface area contributed by atoms with Crippen LogP contribution < -0.4 is 0 Å². The largest absolute Gasteiger partial charge is 0.378 e. The molecule has 1 atom stereocenters. The normalized spacial score (nSPS) is 21.5. The minimum Gasteiger partial charge on any atom is -0.378 e. The van der Waals surface area contributed by atoms with E-state index in [1.165, 1.54) is 6.42 Å². The molecule has 0 radical (unpaired) electrons. The van der Waals surface area contributed by atoms with E-state index < -0.39 is 0 Å². The summed E-state index contributed by atoms with van der Waals surface area (Å²) < 4.78 is 7.15. The Morgan fingerprint density at radius 1 is 1.67 bits per heavy atom. The molecule has 4 heteroatoms. The van der Waals surface area contributed by atoms with Gasteiger partial charge in [0.1, 0.15) is 5.69 Å². The smallest absolute Gasteiger partial charge is 0.183 e. The first-order valence-corrected chi connectivity index (χ1v) is 5.40.